The molecule has 3 rings (SSSR count). The van der Waals surface area contributed by atoms with Crippen LogP contribution in [0.1, 0.15) is 32.9 Å². The molecule has 1 aliphatic heterocycles. The van der Waals surface area contributed by atoms with Crippen molar-refractivity contribution < 1.29 is 14.3 Å². The standard InChI is InChI=1S/C17H18N2O3/c1-10-6-11(2)18-12(3)16(10)19-17(20)13-4-5-15-14(7-13)8-21-9-22-15/h4-7H,8-9H2,1-3H3,(H,19,20). The first-order valence-corrected chi connectivity index (χ1v) is 7.14. The van der Waals surface area contributed by atoms with Crippen molar-refractivity contribution in [3.05, 3.63) is 52.3 Å². The van der Waals surface area contributed by atoms with Crippen molar-refractivity contribution in [3.8, 4) is 5.75 Å². The van der Waals surface area contributed by atoms with Gasteiger partial charge < -0.3 is 14.8 Å². The lowest BCUT2D eigenvalue weighted by atomic mass is 10.1. The molecular weight excluding hydrogens is 280 g/mol. The van der Waals surface area contributed by atoms with Gasteiger partial charge in [-0.15, -0.1) is 0 Å². The number of carbonyl (C=O) groups is 1. The van der Waals surface area contributed by atoms with E-state index in [4.69, 9.17) is 9.47 Å². The summed E-state index contributed by atoms with van der Waals surface area (Å²) in [6, 6.07) is 7.32. The van der Waals surface area contributed by atoms with Gasteiger partial charge in [-0.3, -0.25) is 9.78 Å². The average molecular weight is 298 g/mol. The minimum absolute atomic E-state index is 0.162. The molecule has 5 nitrogen and oxygen atoms in total. The van der Waals surface area contributed by atoms with Gasteiger partial charge in [0, 0.05) is 16.8 Å². The Morgan fingerprint density at radius 1 is 1.23 bits per heavy atom. The highest BCUT2D eigenvalue weighted by atomic mass is 16.7. The summed E-state index contributed by atoms with van der Waals surface area (Å²) in [5, 5.41) is 2.95. The van der Waals surface area contributed by atoms with Crippen LogP contribution >= 0.6 is 0 Å². The van der Waals surface area contributed by atoms with E-state index in [0.717, 1.165) is 34.0 Å². The van der Waals surface area contributed by atoms with E-state index in [1.807, 2.05) is 26.8 Å². The third-order valence-corrected chi connectivity index (χ3v) is 3.64. The van der Waals surface area contributed by atoms with Gasteiger partial charge in [-0.25, -0.2) is 0 Å². The first-order valence-electron chi connectivity index (χ1n) is 7.14. The molecule has 114 valence electrons. The van der Waals surface area contributed by atoms with Crippen molar-refractivity contribution in [2.24, 2.45) is 0 Å². The highest BCUT2D eigenvalue weighted by molar-refractivity contribution is 6.05. The molecule has 2 heterocycles. The summed E-state index contributed by atoms with van der Waals surface area (Å²) in [4.78, 5) is 16.9. The molecule has 1 aromatic heterocycles. The van der Waals surface area contributed by atoms with Crippen LogP contribution in [0.4, 0.5) is 5.69 Å². The van der Waals surface area contributed by atoms with Gasteiger partial charge in [0.05, 0.1) is 18.0 Å². The normalized spacial score (nSPS) is 13.2. The first kappa shape index (κ1) is 14.5. The van der Waals surface area contributed by atoms with Gasteiger partial charge in [0.1, 0.15) is 5.75 Å². The average Bonchev–Trinajstić information content (AvgIpc) is 2.50. The Hall–Kier alpha value is -2.40. The second-order valence-electron chi connectivity index (χ2n) is 5.43. The second-order valence-corrected chi connectivity index (χ2v) is 5.43. The summed E-state index contributed by atoms with van der Waals surface area (Å²) < 4.78 is 10.6. The Balaban J connectivity index is 1.86. The highest BCUT2D eigenvalue weighted by Gasteiger charge is 2.15. The number of nitrogens with zero attached hydrogens (tertiary/aromatic N) is 1. The van der Waals surface area contributed by atoms with Crippen molar-refractivity contribution in [2.75, 3.05) is 12.1 Å². The van der Waals surface area contributed by atoms with E-state index in [1.54, 1.807) is 18.2 Å². The molecule has 0 bridgehead atoms. The maximum atomic E-state index is 12.5. The summed E-state index contributed by atoms with van der Waals surface area (Å²) >= 11 is 0. The Kier molecular flexibility index (Phi) is 3.81. The van der Waals surface area contributed by atoms with E-state index in [1.165, 1.54) is 0 Å². The molecule has 1 aliphatic rings. The minimum Gasteiger partial charge on any atom is -0.467 e. The number of aromatic nitrogens is 1. The fraction of sp³-hybridized carbons (Fsp3) is 0.294. The lowest BCUT2D eigenvalue weighted by molar-refractivity contribution is -0.0163. The third kappa shape index (κ3) is 2.80. The predicted octanol–water partition coefficient (Wildman–Crippen LogP) is 3.13. The Morgan fingerprint density at radius 3 is 2.82 bits per heavy atom. The maximum absolute atomic E-state index is 12.5. The van der Waals surface area contributed by atoms with E-state index in [0.29, 0.717) is 12.2 Å². The highest BCUT2D eigenvalue weighted by Crippen LogP contribution is 2.25. The number of anilines is 1. The van der Waals surface area contributed by atoms with Crippen LogP contribution in [0.25, 0.3) is 0 Å². The Labute approximate surface area is 129 Å². The summed E-state index contributed by atoms with van der Waals surface area (Å²) in [5.41, 5.74) is 4.98. The van der Waals surface area contributed by atoms with Crippen molar-refractivity contribution >= 4 is 11.6 Å². The number of aryl methyl sites for hydroxylation is 3. The summed E-state index contributed by atoms with van der Waals surface area (Å²) in [6.45, 7) is 6.51. The largest absolute Gasteiger partial charge is 0.467 e. The number of ether oxygens (including phenoxy) is 2. The molecule has 2 aromatic rings. The van der Waals surface area contributed by atoms with E-state index in [-0.39, 0.29) is 12.7 Å². The van der Waals surface area contributed by atoms with E-state index in [2.05, 4.69) is 10.3 Å². The molecule has 0 saturated carbocycles. The van der Waals surface area contributed by atoms with Crippen LogP contribution in [0.5, 0.6) is 5.75 Å². The van der Waals surface area contributed by atoms with Crippen LogP contribution in [0.2, 0.25) is 0 Å². The molecule has 0 spiro atoms. The molecule has 0 atom stereocenters. The molecule has 1 N–H and O–H groups in total. The third-order valence-electron chi connectivity index (χ3n) is 3.64. The van der Waals surface area contributed by atoms with Crippen molar-refractivity contribution in [3.63, 3.8) is 0 Å². The SMILES string of the molecule is Cc1cc(C)c(NC(=O)c2ccc3c(c2)COCO3)c(C)n1. The van der Waals surface area contributed by atoms with Crippen LogP contribution in [-0.4, -0.2) is 17.7 Å². The lowest BCUT2D eigenvalue weighted by Crippen LogP contribution is -2.16. The van der Waals surface area contributed by atoms with Gasteiger partial charge in [-0.1, -0.05) is 0 Å². The van der Waals surface area contributed by atoms with Gasteiger partial charge in [0.25, 0.3) is 5.91 Å². The number of carbonyl (C=O) groups excluding carboxylic acids is 1. The van der Waals surface area contributed by atoms with E-state index >= 15 is 0 Å². The number of hydrogen-bond acceptors (Lipinski definition) is 4. The number of benzene rings is 1. The van der Waals surface area contributed by atoms with Crippen LogP contribution in [0.15, 0.2) is 24.3 Å². The quantitative estimate of drug-likeness (QED) is 0.925. The zero-order valence-electron chi connectivity index (χ0n) is 12.9. The van der Waals surface area contributed by atoms with Gasteiger partial charge in [-0.2, -0.15) is 0 Å². The van der Waals surface area contributed by atoms with Crippen LogP contribution < -0.4 is 10.1 Å². The molecular formula is C17H18N2O3. The fourth-order valence-electron chi connectivity index (χ4n) is 2.63. The zero-order chi connectivity index (χ0) is 15.7. The lowest BCUT2D eigenvalue weighted by Gasteiger charge is -2.18. The van der Waals surface area contributed by atoms with Crippen molar-refractivity contribution in [2.45, 2.75) is 27.4 Å². The monoisotopic (exact) mass is 298 g/mol. The number of nitrogens with one attached hydrogen (secondary N) is 1. The van der Waals surface area contributed by atoms with E-state index in [9.17, 15) is 4.79 Å². The smallest absolute Gasteiger partial charge is 0.255 e. The Morgan fingerprint density at radius 2 is 2.05 bits per heavy atom. The molecule has 1 aromatic carbocycles. The maximum Gasteiger partial charge on any atom is 0.255 e. The molecule has 0 fully saturated rings. The minimum atomic E-state index is -0.162. The molecule has 0 saturated heterocycles. The van der Waals surface area contributed by atoms with Gasteiger partial charge in [-0.05, 0) is 50.6 Å². The van der Waals surface area contributed by atoms with Crippen LogP contribution in [0.3, 0.4) is 0 Å². The molecule has 1 amide bonds. The number of rotatable bonds is 2. The van der Waals surface area contributed by atoms with Crippen molar-refractivity contribution in [1.29, 1.82) is 0 Å². The van der Waals surface area contributed by atoms with Gasteiger partial charge in [0.15, 0.2) is 6.79 Å². The van der Waals surface area contributed by atoms with Gasteiger partial charge >= 0.3 is 0 Å². The molecule has 0 aliphatic carbocycles. The Bertz CT molecular complexity index is 718. The number of amides is 1. The number of hydrogen-bond donors (Lipinski definition) is 1. The van der Waals surface area contributed by atoms with Gasteiger partial charge in [0.2, 0.25) is 0 Å². The molecule has 22 heavy (non-hydrogen) atoms. The number of fused-ring (bicyclic) bond motifs is 1. The second kappa shape index (κ2) is 5.77. The fourth-order valence-corrected chi connectivity index (χ4v) is 2.63. The number of pyridine rings is 1. The molecule has 5 heteroatoms. The molecule has 0 unspecified atom stereocenters. The van der Waals surface area contributed by atoms with E-state index < -0.39 is 0 Å². The van der Waals surface area contributed by atoms with Crippen molar-refractivity contribution in [1.82, 2.24) is 4.98 Å². The summed E-state index contributed by atoms with van der Waals surface area (Å²) in [5.74, 6) is 0.609. The van der Waals surface area contributed by atoms with Crippen LogP contribution in [-0.2, 0) is 11.3 Å². The zero-order valence-corrected chi connectivity index (χ0v) is 12.9. The predicted molar refractivity (Wildman–Crippen MR) is 83.1 cm³/mol. The summed E-state index contributed by atoms with van der Waals surface area (Å²) in [7, 11) is 0. The van der Waals surface area contributed by atoms with Crippen LogP contribution in [0, 0.1) is 20.8 Å². The summed E-state index contributed by atoms with van der Waals surface area (Å²) in [6.07, 6.45) is 0. The topological polar surface area (TPSA) is 60.5 Å². The first-order chi connectivity index (χ1) is 10.5. The molecule has 0 radical (unpaired) electrons.